The van der Waals surface area contributed by atoms with Gasteiger partial charge in [0, 0.05) is 18.8 Å². The molecular weight excluding hydrogens is 314 g/mol. The third-order valence-electron chi connectivity index (χ3n) is 4.01. The second-order valence-electron chi connectivity index (χ2n) is 5.83. The highest BCUT2D eigenvalue weighted by Gasteiger charge is 2.18. The first-order chi connectivity index (χ1) is 11.1. The van der Waals surface area contributed by atoms with E-state index in [2.05, 4.69) is 10.4 Å². The van der Waals surface area contributed by atoms with E-state index in [1.54, 1.807) is 16.8 Å². The second-order valence-corrected chi connectivity index (χ2v) is 6.23. The van der Waals surface area contributed by atoms with Gasteiger partial charge < -0.3 is 10.1 Å². The number of ether oxygens (including phenoxy) is 1. The number of amides is 1. The monoisotopic (exact) mass is 333 g/mol. The van der Waals surface area contributed by atoms with Crippen LogP contribution in [-0.4, -0.2) is 35.4 Å². The number of para-hydroxylation sites is 1. The van der Waals surface area contributed by atoms with Gasteiger partial charge in [0.15, 0.2) is 5.69 Å². The normalized spacial score (nSPS) is 17.9. The van der Waals surface area contributed by atoms with Crippen LogP contribution in [0.4, 0.5) is 0 Å². The van der Waals surface area contributed by atoms with Crippen molar-refractivity contribution in [3.63, 3.8) is 0 Å². The number of hydrogen-bond acceptors (Lipinski definition) is 3. The minimum absolute atomic E-state index is 0.163. The molecule has 1 aliphatic heterocycles. The van der Waals surface area contributed by atoms with Gasteiger partial charge in [0.1, 0.15) is 0 Å². The molecule has 5 nitrogen and oxygen atoms in total. The van der Waals surface area contributed by atoms with Crippen molar-refractivity contribution in [3.8, 4) is 5.69 Å². The highest BCUT2D eigenvalue weighted by Crippen LogP contribution is 2.21. The third-order valence-corrected chi connectivity index (χ3v) is 4.33. The molecule has 122 valence electrons. The van der Waals surface area contributed by atoms with E-state index in [0.29, 0.717) is 29.8 Å². The molecule has 1 atom stereocenters. The number of rotatable bonds is 4. The molecule has 2 heterocycles. The predicted octanol–water partition coefficient (Wildman–Crippen LogP) is 2.99. The fourth-order valence-corrected chi connectivity index (χ4v) is 2.96. The van der Waals surface area contributed by atoms with Crippen LogP contribution in [0.25, 0.3) is 5.69 Å². The summed E-state index contributed by atoms with van der Waals surface area (Å²) in [4.78, 5) is 12.3. The van der Waals surface area contributed by atoms with E-state index in [0.717, 1.165) is 30.8 Å². The summed E-state index contributed by atoms with van der Waals surface area (Å²) in [6, 6.07) is 9.22. The van der Waals surface area contributed by atoms with E-state index in [1.165, 1.54) is 0 Å². The van der Waals surface area contributed by atoms with Crippen LogP contribution in [-0.2, 0) is 4.74 Å². The molecular formula is C17H20ClN3O2. The number of halogens is 1. The largest absolute Gasteiger partial charge is 0.381 e. The standard InChI is InChI=1S/C17H20ClN3O2/c1-12-9-15(17(22)19-10-13-5-4-8-23-11-13)20-21(12)16-7-3-2-6-14(16)18/h2-3,6-7,9,13H,4-5,8,10-11H2,1H3,(H,19,22). The molecule has 0 spiro atoms. The van der Waals surface area contributed by atoms with Crippen molar-refractivity contribution in [2.24, 2.45) is 5.92 Å². The van der Waals surface area contributed by atoms with Crippen LogP contribution in [0.2, 0.25) is 5.02 Å². The van der Waals surface area contributed by atoms with Crippen molar-refractivity contribution in [1.82, 2.24) is 15.1 Å². The summed E-state index contributed by atoms with van der Waals surface area (Å²) < 4.78 is 7.12. The molecule has 23 heavy (non-hydrogen) atoms. The minimum Gasteiger partial charge on any atom is -0.381 e. The number of aromatic nitrogens is 2. The maximum atomic E-state index is 12.3. The number of hydrogen-bond donors (Lipinski definition) is 1. The lowest BCUT2D eigenvalue weighted by Crippen LogP contribution is -2.33. The van der Waals surface area contributed by atoms with Crippen LogP contribution in [0, 0.1) is 12.8 Å². The van der Waals surface area contributed by atoms with Gasteiger partial charge in [-0.2, -0.15) is 5.10 Å². The van der Waals surface area contributed by atoms with Crippen LogP contribution in [0.3, 0.4) is 0 Å². The molecule has 6 heteroatoms. The molecule has 1 fully saturated rings. The maximum Gasteiger partial charge on any atom is 0.271 e. The smallest absolute Gasteiger partial charge is 0.271 e. The van der Waals surface area contributed by atoms with E-state index in [4.69, 9.17) is 16.3 Å². The number of nitrogens with zero attached hydrogens (tertiary/aromatic N) is 2. The van der Waals surface area contributed by atoms with Gasteiger partial charge in [-0.3, -0.25) is 4.79 Å². The average Bonchev–Trinajstić information content (AvgIpc) is 2.96. The number of nitrogens with one attached hydrogen (secondary N) is 1. The Hall–Kier alpha value is -1.85. The Bertz CT molecular complexity index is 693. The summed E-state index contributed by atoms with van der Waals surface area (Å²) >= 11 is 6.21. The fraction of sp³-hybridized carbons (Fsp3) is 0.412. The molecule has 0 aliphatic carbocycles. The number of carbonyl (C=O) groups is 1. The summed E-state index contributed by atoms with van der Waals surface area (Å²) in [5.41, 5.74) is 2.04. The molecule has 0 saturated carbocycles. The number of benzene rings is 1. The van der Waals surface area contributed by atoms with Gasteiger partial charge in [-0.1, -0.05) is 23.7 Å². The quantitative estimate of drug-likeness (QED) is 0.935. The Labute approximate surface area is 140 Å². The highest BCUT2D eigenvalue weighted by molar-refractivity contribution is 6.32. The van der Waals surface area contributed by atoms with Crippen molar-refractivity contribution in [3.05, 3.63) is 46.7 Å². The van der Waals surface area contributed by atoms with Crippen molar-refractivity contribution in [1.29, 1.82) is 0 Å². The number of carbonyl (C=O) groups excluding carboxylic acids is 1. The van der Waals surface area contributed by atoms with Gasteiger partial charge in [-0.25, -0.2) is 4.68 Å². The molecule has 0 radical (unpaired) electrons. The topological polar surface area (TPSA) is 56.1 Å². The Kier molecular flexibility index (Phi) is 4.98. The Morgan fingerprint density at radius 1 is 1.48 bits per heavy atom. The van der Waals surface area contributed by atoms with Crippen LogP contribution >= 0.6 is 11.6 Å². The lowest BCUT2D eigenvalue weighted by atomic mass is 10.0. The summed E-state index contributed by atoms with van der Waals surface area (Å²) in [7, 11) is 0. The maximum absolute atomic E-state index is 12.3. The lowest BCUT2D eigenvalue weighted by Gasteiger charge is -2.21. The van der Waals surface area contributed by atoms with E-state index in [9.17, 15) is 4.79 Å². The number of aryl methyl sites for hydroxylation is 1. The molecule has 1 aliphatic rings. The molecule has 2 aromatic rings. The predicted molar refractivity (Wildman–Crippen MR) is 89.2 cm³/mol. The molecule has 1 N–H and O–H groups in total. The molecule has 1 saturated heterocycles. The fourth-order valence-electron chi connectivity index (χ4n) is 2.75. The Morgan fingerprint density at radius 3 is 3.04 bits per heavy atom. The van der Waals surface area contributed by atoms with E-state index in [-0.39, 0.29) is 5.91 Å². The summed E-state index contributed by atoms with van der Waals surface area (Å²) in [6.07, 6.45) is 2.15. The average molecular weight is 334 g/mol. The van der Waals surface area contributed by atoms with Crippen LogP contribution in [0.1, 0.15) is 29.0 Å². The zero-order chi connectivity index (χ0) is 16.2. The van der Waals surface area contributed by atoms with Crippen molar-refractivity contribution in [2.45, 2.75) is 19.8 Å². The molecule has 0 bridgehead atoms. The van der Waals surface area contributed by atoms with E-state index >= 15 is 0 Å². The van der Waals surface area contributed by atoms with E-state index in [1.807, 2.05) is 25.1 Å². The SMILES string of the molecule is Cc1cc(C(=O)NCC2CCCOC2)nn1-c1ccccc1Cl. The zero-order valence-corrected chi connectivity index (χ0v) is 13.8. The molecule has 1 aromatic carbocycles. The van der Waals surface area contributed by atoms with Crippen molar-refractivity contribution in [2.75, 3.05) is 19.8 Å². The van der Waals surface area contributed by atoms with Crippen LogP contribution in [0.5, 0.6) is 0 Å². The van der Waals surface area contributed by atoms with Gasteiger partial charge in [-0.15, -0.1) is 0 Å². The molecule has 1 aromatic heterocycles. The van der Waals surface area contributed by atoms with E-state index < -0.39 is 0 Å². The van der Waals surface area contributed by atoms with Gasteiger partial charge in [0.25, 0.3) is 5.91 Å². The molecule has 1 unspecified atom stereocenters. The van der Waals surface area contributed by atoms with Crippen molar-refractivity contribution < 1.29 is 9.53 Å². The molecule has 1 amide bonds. The lowest BCUT2D eigenvalue weighted by molar-refractivity contribution is 0.0535. The van der Waals surface area contributed by atoms with Crippen molar-refractivity contribution >= 4 is 17.5 Å². The zero-order valence-electron chi connectivity index (χ0n) is 13.1. The first-order valence-electron chi connectivity index (χ1n) is 7.82. The van der Waals surface area contributed by atoms with Crippen LogP contribution < -0.4 is 5.32 Å². The van der Waals surface area contributed by atoms with Gasteiger partial charge in [-0.05, 0) is 43.9 Å². The summed E-state index contributed by atoms with van der Waals surface area (Å²) in [6.45, 7) is 4.07. The first-order valence-corrected chi connectivity index (χ1v) is 8.20. The van der Waals surface area contributed by atoms with Crippen LogP contribution in [0.15, 0.2) is 30.3 Å². The third kappa shape index (κ3) is 3.74. The van der Waals surface area contributed by atoms with Gasteiger partial charge >= 0.3 is 0 Å². The summed E-state index contributed by atoms with van der Waals surface area (Å²) in [5.74, 6) is 0.226. The first kappa shape index (κ1) is 16.0. The highest BCUT2D eigenvalue weighted by atomic mass is 35.5. The van der Waals surface area contributed by atoms with Gasteiger partial charge in [0.2, 0.25) is 0 Å². The minimum atomic E-state index is -0.163. The van der Waals surface area contributed by atoms with Gasteiger partial charge in [0.05, 0.1) is 17.3 Å². The Morgan fingerprint density at radius 2 is 2.30 bits per heavy atom. The molecule has 3 rings (SSSR count). The Balaban J connectivity index is 1.70. The summed E-state index contributed by atoms with van der Waals surface area (Å²) in [5, 5.41) is 7.94. The second kappa shape index (κ2) is 7.15.